The van der Waals surface area contributed by atoms with E-state index in [1.54, 1.807) is 6.20 Å². The van der Waals surface area contributed by atoms with Crippen LogP contribution in [0.5, 0.6) is 5.75 Å². The number of pyridine rings is 1. The topological polar surface area (TPSA) is 54.8 Å². The molecule has 0 aliphatic carbocycles. The summed E-state index contributed by atoms with van der Waals surface area (Å²) in [7, 11) is 2.00. The average Bonchev–Trinajstić information content (AvgIpc) is 2.62. The number of benzene rings is 1. The molecule has 2 aromatic rings. The lowest BCUT2D eigenvalue weighted by atomic mass is 10.1. The Kier molecular flexibility index (Phi) is 7.52. The van der Waals surface area contributed by atoms with Crippen LogP contribution in [0.25, 0.3) is 0 Å². The van der Waals surface area contributed by atoms with E-state index in [0.29, 0.717) is 19.6 Å². The van der Waals surface area contributed by atoms with Crippen molar-refractivity contribution in [2.45, 2.75) is 26.1 Å². The van der Waals surface area contributed by atoms with Crippen molar-refractivity contribution in [3.63, 3.8) is 0 Å². The normalized spacial score (nSPS) is 12.0. The molecule has 1 unspecified atom stereocenters. The summed E-state index contributed by atoms with van der Waals surface area (Å²) in [6, 6.07) is 13.8. The fraction of sp³-hybridized carbons (Fsp3) is 0.421. The van der Waals surface area contributed by atoms with Crippen LogP contribution in [0.4, 0.5) is 5.82 Å². The summed E-state index contributed by atoms with van der Waals surface area (Å²) in [6.07, 6.45) is 2.48. The Morgan fingerprint density at radius 2 is 1.96 bits per heavy atom. The van der Waals surface area contributed by atoms with E-state index < -0.39 is 6.29 Å². The SMILES string of the molecule is CCOC(O)CCc1ccc(OCCN(C)c2ccccn2)cc1. The lowest BCUT2D eigenvalue weighted by molar-refractivity contribution is -0.0980. The van der Waals surface area contributed by atoms with E-state index >= 15 is 0 Å². The molecule has 0 fully saturated rings. The molecule has 1 aromatic heterocycles. The van der Waals surface area contributed by atoms with Gasteiger partial charge in [0.05, 0.1) is 6.54 Å². The number of aliphatic hydroxyl groups excluding tert-OH is 1. The lowest BCUT2D eigenvalue weighted by Crippen LogP contribution is -2.24. The molecular formula is C19H26N2O3. The maximum Gasteiger partial charge on any atom is 0.154 e. The molecule has 24 heavy (non-hydrogen) atoms. The number of hydrogen-bond donors (Lipinski definition) is 1. The number of aliphatic hydroxyl groups is 1. The maximum absolute atomic E-state index is 9.57. The van der Waals surface area contributed by atoms with Crippen molar-refractivity contribution in [3.05, 3.63) is 54.2 Å². The van der Waals surface area contributed by atoms with Crippen molar-refractivity contribution in [2.75, 3.05) is 31.7 Å². The molecule has 1 atom stereocenters. The monoisotopic (exact) mass is 330 g/mol. The molecule has 0 aliphatic heterocycles. The van der Waals surface area contributed by atoms with Crippen LogP contribution in [0.2, 0.25) is 0 Å². The molecule has 1 aromatic carbocycles. The third-order valence-corrected chi connectivity index (χ3v) is 3.70. The van der Waals surface area contributed by atoms with Gasteiger partial charge in [-0.05, 0) is 43.2 Å². The number of aromatic nitrogens is 1. The van der Waals surface area contributed by atoms with Crippen molar-refractivity contribution in [1.29, 1.82) is 0 Å². The predicted molar refractivity (Wildman–Crippen MR) is 95.4 cm³/mol. The number of rotatable bonds is 10. The predicted octanol–water partition coefficient (Wildman–Crippen LogP) is 2.88. The van der Waals surface area contributed by atoms with Crippen molar-refractivity contribution in [2.24, 2.45) is 0 Å². The highest BCUT2D eigenvalue weighted by Gasteiger charge is 2.04. The number of nitrogens with zero attached hydrogens (tertiary/aromatic N) is 2. The van der Waals surface area contributed by atoms with Crippen LogP contribution >= 0.6 is 0 Å². The van der Waals surface area contributed by atoms with Crippen molar-refractivity contribution >= 4 is 5.82 Å². The number of ether oxygens (including phenoxy) is 2. The standard InChI is InChI=1S/C19H26N2O3/c1-3-23-19(22)12-9-16-7-10-17(11-8-16)24-15-14-21(2)18-6-4-5-13-20-18/h4-8,10-11,13,19,22H,3,9,12,14-15H2,1-2H3. The second-order valence-electron chi connectivity index (χ2n) is 5.55. The molecule has 0 aliphatic rings. The zero-order chi connectivity index (χ0) is 17.2. The summed E-state index contributed by atoms with van der Waals surface area (Å²) >= 11 is 0. The molecule has 0 bridgehead atoms. The molecule has 5 heteroatoms. The summed E-state index contributed by atoms with van der Waals surface area (Å²) in [6.45, 7) is 3.76. The van der Waals surface area contributed by atoms with Crippen molar-refractivity contribution in [3.8, 4) is 5.75 Å². The van der Waals surface area contributed by atoms with Gasteiger partial charge in [0.25, 0.3) is 0 Å². The molecule has 0 saturated carbocycles. The van der Waals surface area contributed by atoms with Gasteiger partial charge >= 0.3 is 0 Å². The molecule has 1 N–H and O–H groups in total. The number of hydrogen-bond acceptors (Lipinski definition) is 5. The first-order valence-corrected chi connectivity index (χ1v) is 8.32. The summed E-state index contributed by atoms with van der Waals surface area (Å²) < 4.78 is 10.9. The first-order valence-electron chi connectivity index (χ1n) is 8.32. The highest BCUT2D eigenvalue weighted by atomic mass is 16.6. The zero-order valence-electron chi connectivity index (χ0n) is 14.4. The maximum atomic E-state index is 9.57. The van der Waals surface area contributed by atoms with E-state index in [0.717, 1.165) is 30.1 Å². The third-order valence-electron chi connectivity index (χ3n) is 3.70. The van der Waals surface area contributed by atoms with E-state index in [9.17, 15) is 5.11 Å². The van der Waals surface area contributed by atoms with Crippen LogP contribution in [0.3, 0.4) is 0 Å². The molecule has 0 saturated heterocycles. The van der Waals surface area contributed by atoms with Gasteiger partial charge in [-0.3, -0.25) is 0 Å². The Hall–Kier alpha value is -2.11. The molecule has 130 valence electrons. The van der Waals surface area contributed by atoms with E-state index in [-0.39, 0.29) is 0 Å². The molecule has 0 radical (unpaired) electrons. The molecule has 2 rings (SSSR count). The van der Waals surface area contributed by atoms with E-state index in [1.807, 2.05) is 56.4 Å². The van der Waals surface area contributed by atoms with Gasteiger partial charge in [-0.2, -0.15) is 0 Å². The zero-order valence-corrected chi connectivity index (χ0v) is 14.4. The molecule has 0 spiro atoms. The quantitative estimate of drug-likeness (QED) is 0.679. The summed E-state index contributed by atoms with van der Waals surface area (Å²) in [5.74, 6) is 1.78. The van der Waals surface area contributed by atoms with Crippen LogP contribution in [0, 0.1) is 0 Å². The Bertz CT molecular complexity index is 575. The second-order valence-corrected chi connectivity index (χ2v) is 5.55. The van der Waals surface area contributed by atoms with E-state index in [2.05, 4.69) is 9.88 Å². The summed E-state index contributed by atoms with van der Waals surface area (Å²) in [5.41, 5.74) is 1.16. The van der Waals surface area contributed by atoms with Crippen LogP contribution < -0.4 is 9.64 Å². The first kappa shape index (κ1) is 18.2. The smallest absolute Gasteiger partial charge is 0.154 e. The fourth-order valence-electron chi connectivity index (χ4n) is 2.31. The molecular weight excluding hydrogens is 304 g/mol. The van der Waals surface area contributed by atoms with Crippen molar-refractivity contribution in [1.82, 2.24) is 4.98 Å². The fourth-order valence-corrected chi connectivity index (χ4v) is 2.31. The third kappa shape index (κ3) is 6.18. The van der Waals surface area contributed by atoms with Crippen LogP contribution in [-0.2, 0) is 11.2 Å². The highest BCUT2D eigenvalue weighted by Crippen LogP contribution is 2.14. The average molecular weight is 330 g/mol. The van der Waals surface area contributed by atoms with Gasteiger partial charge in [0.1, 0.15) is 18.2 Å². The van der Waals surface area contributed by atoms with Crippen LogP contribution in [-0.4, -0.2) is 43.2 Å². The minimum Gasteiger partial charge on any atom is -0.492 e. The molecule has 0 amide bonds. The van der Waals surface area contributed by atoms with Crippen LogP contribution in [0.15, 0.2) is 48.7 Å². The van der Waals surface area contributed by atoms with Gasteiger partial charge in [-0.25, -0.2) is 4.98 Å². The van der Waals surface area contributed by atoms with Gasteiger partial charge in [-0.15, -0.1) is 0 Å². The molecule has 5 nitrogen and oxygen atoms in total. The van der Waals surface area contributed by atoms with Crippen LogP contribution in [0.1, 0.15) is 18.9 Å². The largest absolute Gasteiger partial charge is 0.492 e. The van der Waals surface area contributed by atoms with E-state index in [4.69, 9.17) is 9.47 Å². The first-order chi connectivity index (χ1) is 11.7. The highest BCUT2D eigenvalue weighted by molar-refractivity contribution is 5.36. The number of likely N-dealkylation sites (N-methyl/N-ethyl adjacent to an activating group) is 1. The number of aryl methyl sites for hydroxylation is 1. The minimum atomic E-state index is -0.687. The summed E-state index contributed by atoms with van der Waals surface area (Å²) in [5, 5.41) is 9.57. The lowest BCUT2D eigenvalue weighted by Gasteiger charge is -2.18. The summed E-state index contributed by atoms with van der Waals surface area (Å²) in [4.78, 5) is 6.36. The Balaban J connectivity index is 1.72. The van der Waals surface area contributed by atoms with E-state index in [1.165, 1.54) is 0 Å². The second kappa shape index (κ2) is 9.90. The van der Waals surface area contributed by atoms with Gasteiger partial charge in [0, 0.05) is 26.3 Å². The van der Waals surface area contributed by atoms with Gasteiger partial charge in [0.2, 0.25) is 0 Å². The Morgan fingerprint density at radius 3 is 2.62 bits per heavy atom. The minimum absolute atomic E-state index is 0.529. The molecule has 1 heterocycles. The van der Waals surface area contributed by atoms with Gasteiger partial charge < -0.3 is 19.5 Å². The Morgan fingerprint density at radius 1 is 1.17 bits per heavy atom. The van der Waals surface area contributed by atoms with Crippen molar-refractivity contribution < 1.29 is 14.6 Å². The number of anilines is 1. The van der Waals surface area contributed by atoms with Gasteiger partial charge in [0.15, 0.2) is 6.29 Å². The Labute approximate surface area is 143 Å². The van der Waals surface area contributed by atoms with Gasteiger partial charge in [-0.1, -0.05) is 18.2 Å².